The number of hydrogen-bond donors (Lipinski definition) is 2. The van der Waals surface area contributed by atoms with Crippen molar-refractivity contribution in [2.24, 2.45) is 5.92 Å². The largest absolute Gasteiger partial charge is 0.506 e. The molecule has 2 heterocycles. The number of halogens is 2. The van der Waals surface area contributed by atoms with E-state index in [1.54, 1.807) is 6.07 Å². The minimum Gasteiger partial charge on any atom is -0.506 e. The summed E-state index contributed by atoms with van der Waals surface area (Å²) >= 11 is 3.17. The van der Waals surface area contributed by atoms with Crippen LogP contribution in [0, 0.1) is 11.7 Å². The summed E-state index contributed by atoms with van der Waals surface area (Å²) in [5, 5.41) is 13.8. The molecule has 0 aromatic heterocycles. The molecule has 0 saturated carbocycles. The molecule has 2 saturated heterocycles. The number of nitrogens with one attached hydrogen (secondary N) is 1. The van der Waals surface area contributed by atoms with Crippen molar-refractivity contribution in [2.75, 3.05) is 39.4 Å². The number of aromatic hydroxyl groups is 1. The van der Waals surface area contributed by atoms with Crippen LogP contribution in [0.25, 0.3) is 0 Å². The molecular weight excluding hydrogens is 351 g/mol. The summed E-state index contributed by atoms with van der Waals surface area (Å²) in [6.45, 7) is 5.30. The van der Waals surface area contributed by atoms with E-state index in [-0.39, 0.29) is 16.3 Å². The lowest BCUT2D eigenvalue weighted by Gasteiger charge is -2.41. The van der Waals surface area contributed by atoms with E-state index in [1.807, 2.05) is 0 Å². The molecule has 0 amide bonds. The van der Waals surface area contributed by atoms with Crippen molar-refractivity contribution >= 4 is 15.9 Å². The molecule has 0 unspecified atom stereocenters. The quantitative estimate of drug-likeness (QED) is 0.855. The van der Waals surface area contributed by atoms with Crippen molar-refractivity contribution < 1.29 is 14.2 Å². The van der Waals surface area contributed by atoms with E-state index in [0.29, 0.717) is 5.92 Å². The first kappa shape index (κ1) is 16.2. The third-order valence-corrected chi connectivity index (χ3v) is 5.43. The van der Waals surface area contributed by atoms with Crippen LogP contribution in [0.5, 0.6) is 5.75 Å². The van der Waals surface area contributed by atoms with E-state index in [1.165, 1.54) is 6.07 Å². The summed E-state index contributed by atoms with van der Waals surface area (Å²) in [7, 11) is 0. The molecule has 0 spiro atoms. The van der Waals surface area contributed by atoms with E-state index in [9.17, 15) is 9.50 Å². The molecule has 6 heteroatoms. The highest BCUT2D eigenvalue weighted by atomic mass is 79.9. The lowest BCUT2D eigenvalue weighted by Crippen LogP contribution is -2.47. The minimum atomic E-state index is -0.424. The average Bonchev–Trinajstić information content (AvgIpc) is 2.57. The van der Waals surface area contributed by atoms with Gasteiger partial charge in [-0.05, 0) is 40.8 Å². The second-order valence-corrected chi connectivity index (χ2v) is 6.77. The Kier molecular flexibility index (Phi) is 5.33. The molecule has 2 aliphatic rings. The Labute approximate surface area is 138 Å². The number of hydrogen-bond acceptors (Lipinski definition) is 4. The molecule has 2 aliphatic heterocycles. The SMILES string of the molecule is Oc1c([C@@H](C2CCOCC2)N2CCNCC2)ccc(F)c1Br. The molecule has 3 rings (SSSR count). The minimum absolute atomic E-state index is 0.0371. The highest BCUT2D eigenvalue weighted by molar-refractivity contribution is 9.10. The zero-order valence-electron chi connectivity index (χ0n) is 12.5. The Hall–Kier alpha value is -0.690. The van der Waals surface area contributed by atoms with Gasteiger partial charge in [-0.25, -0.2) is 4.39 Å². The van der Waals surface area contributed by atoms with Gasteiger partial charge >= 0.3 is 0 Å². The molecule has 2 fully saturated rings. The van der Waals surface area contributed by atoms with Crippen molar-refractivity contribution in [2.45, 2.75) is 18.9 Å². The van der Waals surface area contributed by atoms with E-state index in [2.05, 4.69) is 26.1 Å². The number of ether oxygens (including phenoxy) is 1. The van der Waals surface area contributed by atoms with Crippen LogP contribution in [-0.2, 0) is 4.74 Å². The fourth-order valence-corrected chi connectivity index (χ4v) is 3.90. The van der Waals surface area contributed by atoms with E-state index >= 15 is 0 Å². The zero-order valence-corrected chi connectivity index (χ0v) is 14.1. The standard InChI is InChI=1S/C16H22BrFN2O2/c17-14-13(18)2-1-12(16(14)21)15(11-3-9-22-10-4-11)20-7-5-19-6-8-20/h1-2,11,15,19,21H,3-10H2/t15-/m1/s1. The van der Waals surface area contributed by atoms with Crippen LogP contribution >= 0.6 is 15.9 Å². The van der Waals surface area contributed by atoms with Gasteiger partial charge in [-0.15, -0.1) is 0 Å². The third-order valence-electron chi connectivity index (χ3n) is 4.68. The third kappa shape index (κ3) is 3.30. The maximum Gasteiger partial charge on any atom is 0.141 e. The van der Waals surface area contributed by atoms with Gasteiger partial charge in [-0.2, -0.15) is 0 Å². The summed E-state index contributed by atoms with van der Waals surface area (Å²) in [4.78, 5) is 2.41. The fourth-order valence-electron chi connectivity index (χ4n) is 3.53. The summed E-state index contributed by atoms with van der Waals surface area (Å²) < 4.78 is 19.3. The molecular formula is C16H22BrFN2O2. The number of nitrogens with zero attached hydrogens (tertiary/aromatic N) is 1. The zero-order chi connectivity index (χ0) is 15.5. The molecule has 0 aliphatic carbocycles. The summed E-state index contributed by atoms with van der Waals surface area (Å²) in [6, 6.07) is 3.29. The molecule has 1 aromatic rings. The van der Waals surface area contributed by atoms with Crippen molar-refractivity contribution in [1.82, 2.24) is 10.2 Å². The predicted octanol–water partition coefficient (Wildman–Crippen LogP) is 2.67. The van der Waals surface area contributed by atoms with E-state index in [4.69, 9.17) is 4.74 Å². The summed E-state index contributed by atoms with van der Waals surface area (Å²) in [5.74, 6) is 0.0393. The van der Waals surface area contributed by atoms with Crippen LogP contribution in [0.1, 0.15) is 24.4 Å². The van der Waals surface area contributed by atoms with Crippen LogP contribution in [0.2, 0.25) is 0 Å². The maximum atomic E-state index is 13.7. The van der Waals surface area contributed by atoms with Crippen molar-refractivity contribution in [3.8, 4) is 5.75 Å². The van der Waals surface area contributed by atoms with Gasteiger partial charge in [0.2, 0.25) is 0 Å². The molecule has 0 radical (unpaired) electrons. The highest BCUT2D eigenvalue weighted by Gasteiger charge is 2.33. The van der Waals surface area contributed by atoms with Gasteiger partial charge in [0.15, 0.2) is 0 Å². The predicted molar refractivity (Wildman–Crippen MR) is 86.5 cm³/mol. The molecule has 4 nitrogen and oxygen atoms in total. The Morgan fingerprint density at radius 2 is 1.95 bits per heavy atom. The van der Waals surface area contributed by atoms with Crippen molar-refractivity contribution in [3.63, 3.8) is 0 Å². The first-order valence-corrected chi connectivity index (χ1v) is 8.67. The molecule has 22 heavy (non-hydrogen) atoms. The van der Waals surface area contributed by atoms with Crippen LogP contribution < -0.4 is 5.32 Å². The van der Waals surface area contributed by atoms with Gasteiger partial charge in [0.1, 0.15) is 11.6 Å². The average molecular weight is 373 g/mol. The Morgan fingerprint density at radius 1 is 1.27 bits per heavy atom. The number of phenolic OH excluding ortho intramolecular Hbond substituents is 1. The number of piperazine rings is 1. The van der Waals surface area contributed by atoms with Crippen LogP contribution in [0.3, 0.4) is 0 Å². The number of rotatable bonds is 3. The maximum absolute atomic E-state index is 13.7. The molecule has 2 N–H and O–H groups in total. The monoisotopic (exact) mass is 372 g/mol. The van der Waals surface area contributed by atoms with Gasteiger partial charge in [-0.3, -0.25) is 4.90 Å². The van der Waals surface area contributed by atoms with Gasteiger partial charge in [-0.1, -0.05) is 6.07 Å². The second-order valence-electron chi connectivity index (χ2n) is 5.98. The van der Waals surface area contributed by atoms with Crippen LogP contribution in [-0.4, -0.2) is 49.4 Å². The normalized spacial score (nSPS) is 22.6. The van der Waals surface area contributed by atoms with Gasteiger partial charge in [0, 0.05) is 51.0 Å². The Bertz CT molecular complexity index is 499. The van der Waals surface area contributed by atoms with Crippen LogP contribution in [0.4, 0.5) is 4.39 Å². The second kappa shape index (κ2) is 7.25. The molecule has 122 valence electrons. The Balaban J connectivity index is 1.94. The van der Waals surface area contributed by atoms with Crippen molar-refractivity contribution in [3.05, 3.63) is 28.0 Å². The molecule has 1 aromatic carbocycles. The first-order chi connectivity index (χ1) is 10.7. The lowest BCUT2D eigenvalue weighted by molar-refractivity contribution is 0.0206. The van der Waals surface area contributed by atoms with Gasteiger partial charge < -0.3 is 15.2 Å². The molecule has 1 atom stereocenters. The molecule has 0 bridgehead atoms. The number of phenols is 1. The smallest absolute Gasteiger partial charge is 0.141 e. The first-order valence-electron chi connectivity index (χ1n) is 7.88. The van der Waals surface area contributed by atoms with E-state index < -0.39 is 5.82 Å². The fraction of sp³-hybridized carbons (Fsp3) is 0.625. The Morgan fingerprint density at radius 3 is 2.64 bits per heavy atom. The van der Waals surface area contributed by atoms with Gasteiger partial charge in [0.05, 0.1) is 4.47 Å². The van der Waals surface area contributed by atoms with E-state index in [0.717, 1.165) is 57.8 Å². The summed E-state index contributed by atoms with van der Waals surface area (Å²) in [6.07, 6.45) is 1.95. The van der Waals surface area contributed by atoms with Gasteiger partial charge in [0.25, 0.3) is 0 Å². The summed E-state index contributed by atoms with van der Waals surface area (Å²) in [5.41, 5.74) is 0.821. The lowest BCUT2D eigenvalue weighted by atomic mass is 9.85. The number of benzene rings is 1. The van der Waals surface area contributed by atoms with Crippen LogP contribution in [0.15, 0.2) is 16.6 Å². The van der Waals surface area contributed by atoms with Crippen molar-refractivity contribution in [1.29, 1.82) is 0 Å². The topological polar surface area (TPSA) is 44.7 Å². The highest BCUT2D eigenvalue weighted by Crippen LogP contribution is 2.42.